The predicted molar refractivity (Wildman–Crippen MR) is 107 cm³/mol. The van der Waals surface area contributed by atoms with Crippen molar-refractivity contribution < 1.29 is 14.3 Å². The maximum absolute atomic E-state index is 12.0. The smallest absolute Gasteiger partial charge is 0.236 e. The minimum atomic E-state index is -0.316. The van der Waals surface area contributed by atoms with Gasteiger partial charge in [0.15, 0.2) is 17.1 Å². The summed E-state index contributed by atoms with van der Waals surface area (Å²) in [6.07, 6.45) is -0.316. The third-order valence-electron chi connectivity index (χ3n) is 3.72. The fraction of sp³-hybridized carbons (Fsp3) is 0.353. The lowest BCUT2D eigenvalue weighted by Crippen LogP contribution is -2.15. The van der Waals surface area contributed by atoms with Gasteiger partial charge >= 0.3 is 0 Å². The Kier molecular flexibility index (Phi) is 6.82. The Morgan fingerprint density at radius 2 is 2.14 bits per heavy atom. The number of thioether (sulfide) groups is 1. The topological polar surface area (TPSA) is 104 Å². The number of ether oxygens (including phenoxy) is 2. The van der Waals surface area contributed by atoms with Crippen molar-refractivity contribution in [1.82, 2.24) is 25.0 Å². The highest BCUT2D eigenvalue weighted by atomic mass is 32.2. The number of methoxy groups -OCH3 is 1. The molecule has 1 unspecified atom stereocenters. The molecule has 0 aliphatic heterocycles. The van der Waals surface area contributed by atoms with Crippen LogP contribution in [0.25, 0.3) is 0 Å². The summed E-state index contributed by atoms with van der Waals surface area (Å²) in [4.78, 5) is 12.0. The first kappa shape index (κ1) is 20.1. The summed E-state index contributed by atoms with van der Waals surface area (Å²) in [6.45, 7) is 4.57. The number of hydrogen-bond donors (Lipinski definition) is 1. The normalized spacial score (nSPS) is 11.8. The average molecular weight is 421 g/mol. The first-order valence-electron chi connectivity index (χ1n) is 8.53. The Morgan fingerprint density at radius 1 is 1.32 bits per heavy atom. The van der Waals surface area contributed by atoms with E-state index < -0.39 is 0 Å². The second kappa shape index (κ2) is 9.51. The number of carbonyl (C=O) groups excluding carboxylic acids is 1. The third-order valence-corrected chi connectivity index (χ3v) is 5.29. The molecule has 0 spiro atoms. The zero-order chi connectivity index (χ0) is 19.9. The molecule has 0 fully saturated rings. The second-order valence-electron chi connectivity index (χ2n) is 5.60. The van der Waals surface area contributed by atoms with Crippen LogP contribution in [0.15, 0.2) is 34.9 Å². The van der Waals surface area contributed by atoms with Gasteiger partial charge in [-0.1, -0.05) is 29.2 Å². The Bertz CT molecular complexity index is 916. The van der Waals surface area contributed by atoms with E-state index in [0.717, 1.165) is 5.75 Å². The van der Waals surface area contributed by atoms with Gasteiger partial charge in [0.25, 0.3) is 0 Å². The van der Waals surface area contributed by atoms with Crippen LogP contribution in [0.5, 0.6) is 11.5 Å². The summed E-state index contributed by atoms with van der Waals surface area (Å²) in [5, 5.41) is 19.8. The summed E-state index contributed by atoms with van der Waals surface area (Å²) < 4.78 is 13.1. The maximum atomic E-state index is 12.0. The Hall–Kier alpha value is -2.66. The van der Waals surface area contributed by atoms with Crippen LogP contribution in [0.2, 0.25) is 0 Å². The number of nitrogens with one attached hydrogen (secondary N) is 1. The summed E-state index contributed by atoms with van der Waals surface area (Å²) in [5.41, 5.74) is 1.56. The van der Waals surface area contributed by atoms with Gasteiger partial charge in [0.1, 0.15) is 17.0 Å². The van der Waals surface area contributed by atoms with Crippen molar-refractivity contribution in [2.75, 3.05) is 18.2 Å². The van der Waals surface area contributed by atoms with Gasteiger partial charge in [0.05, 0.1) is 12.9 Å². The van der Waals surface area contributed by atoms with E-state index in [-0.39, 0.29) is 17.8 Å². The molecule has 1 aromatic carbocycles. The highest BCUT2D eigenvalue weighted by Crippen LogP contribution is 2.26. The van der Waals surface area contributed by atoms with Gasteiger partial charge in [-0.15, -0.1) is 20.4 Å². The van der Waals surface area contributed by atoms with E-state index in [4.69, 9.17) is 9.47 Å². The third kappa shape index (κ3) is 4.98. The van der Waals surface area contributed by atoms with Gasteiger partial charge in [-0.25, -0.2) is 0 Å². The fourth-order valence-electron chi connectivity index (χ4n) is 2.45. The molecule has 0 radical (unpaired) electrons. The molecule has 11 heteroatoms. The van der Waals surface area contributed by atoms with Crippen LogP contribution in [0.3, 0.4) is 0 Å². The molecule has 1 N–H and O–H groups in total. The van der Waals surface area contributed by atoms with Crippen LogP contribution in [0.4, 0.5) is 5.13 Å². The molecular formula is C17H20N6O3S2. The predicted octanol–water partition coefficient (Wildman–Crippen LogP) is 3.03. The van der Waals surface area contributed by atoms with Crippen LogP contribution in [-0.2, 0) is 11.3 Å². The minimum absolute atomic E-state index is 0.172. The van der Waals surface area contributed by atoms with Crippen LogP contribution in [0, 0.1) is 0 Å². The summed E-state index contributed by atoms with van der Waals surface area (Å²) in [5.74, 6) is 2.12. The van der Waals surface area contributed by atoms with Crippen LogP contribution < -0.4 is 14.8 Å². The zero-order valence-corrected chi connectivity index (χ0v) is 17.3. The van der Waals surface area contributed by atoms with Gasteiger partial charge < -0.3 is 14.0 Å². The Morgan fingerprint density at radius 3 is 2.86 bits per heavy atom. The molecule has 148 valence electrons. The molecular weight excluding hydrogens is 400 g/mol. The molecule has 0 saturated heterocycles. The first-order valence-corrected chi connectivity index (χ1v) is 10.4. The van der Waals surface area contributed by atoms with Crippen molar-refractivity contribution >= 4 is 34.1 Å². The van der Waals surface area contributed by atoms with E-state index in [1.165, 1.54) is 23.1 Å². The van der Waals surface area contributed by atoms with Crippen molar-refractivity contribution in [1.29, 1.82) is 0 Å². The number of carbonyl (C=O) groups is 1. The second-order valence-corrected chi connectivity index (χ2v) is 7.38. The van der Waals surface area contributed by atoms with E-state index in [0.29, 0.717) is 28.4 Å². The highest BCUT2D eigenvalue weighted by molar-refractivity contribution is 7.99. The van der Waals surface area contributed by atoms with Crippen molar-refractivity contribution in [3.8, 4) is 11.5 Å². The molecule has 3 rings (SSSR count). The molecule has 2 aromatic heterocycles. The molecule has 9 nitrogen and oxygen atoms in total. The van der Waals surface area contributed by atoms with E-state index in [2.05, 4.69) is 25.7 Å². The molecule has 1 atom stereocenters. The van der Waals surface area contributed by atoms with Crippen molar-refractivity contribution in [3.05, 3.63) is 35.6 Å². The Balaban J connectivity index is 1.64. The first-order chi connectivity index (χ1) is 13.6. The van der Waals surface area contributed by atoms with Gasteiger partial charge in [-0.05, 0) is 26.0 Å². The molecule has 3 aromatic rings. The number of amides is 1. The lowest BCUT2D eigenvalue weighted by Gasteiger charge is -2.16. The molecule has 0 bridgehead atoms. The molecule has 1 amide bonds. The van der Waals surface area contributed by atoms with Gasteiger partial charge in [-0.2, -0.15) is 0 Å². The summed E-state index contributed by atoms with van der Waals surface area (Å²) >= 11 is 2.58. The SMILES string of the molecule is CCn1c(SCC(=O)Nc2nncs2)nnc1C(C)Oc1cccc(OC)c1. The number of rotatable bonds is 9. The standard InChI is InChI=1S/C17H20N6O3S2/c1-4-23-15(11(2)26-13-7-5-6-12(8-13)25-3)20-22-17(23)27-9-14(24)19-16-21-18-10-28-16/h5-8,10-11H,4,9H2,1-3H3,(H,19,21,24). The monoisotopic (exact) mass is 420 g/mol. The van der Waals surface area contributed by atoms with Crippen LogP contribution in [-0.4, -0.2) is 43.7 Å². The van der Waals surface area contributed by atoms with Crippen molar-refractivity contribution in [2.45, 2.75) is 31.7 Å². The average Bonchev–Trinajstić information content (AvgIpc) is 3.35. The summed E-state index contributed by atoms with van der Waals surface area (Å²) in [6, 6.07) is 7.40. The van der Waals surface area contributed by atoms with E-state index in [9.17, 15) is 4.79 Å². The highest BCUT2D eigenvalue weighted by Gasteiger charge is 2.19. The van der Waals surface area contributed by atoms with Crippen LogP contribution >= 0.6 is 23.1 Å². The van der Waals surface area contributed by atoms with Crippen LogP contribution in [0.1, 0.15) is 25.8 Å². The minimum Gasteiger partial charge on any atom is -0.497 e. The van der Waals surface area contributed by atoms with Crippen molar-refractivity contribution in [2.24, 2.45) is 0 Å². The van der Waals surface area contributed by atoms with Gasteiger partial charge in [0, 0.05) is 12.6 Å². The Labute approximate surface area is 170 Å². The van der Waals surface area contributed by atoms with E-state index in [1.807, 2.05) is 42.7 Å². The van der Waals surface area contributed by atoms with Gasteiger partial charge in [0.2, 0.25) is 11.0 Å². The molecule has 28 heavy (non-hydrogen) atoms. The van der Waals surface area contributed by atoms with Crippen molar-refractivity contribution in [3.63, 3.8) is 0 Å². The largest absolute Gasteiger partial charge is 0.497 e. The quantitative estimate of drug-likeness (QED) is 0.527. The van der Waals surface area contributed by atoms with E-state index >= 15 is 0 Å². The molecule has 0 saturated carbocycles. The lowest BCUT2D eigenvalue weighted by molar-refractivity contribution is -0.113. The molecule has 0 aliphatic rings. The van der Waals surface area contributed by atoms with E-state index in [1.54, 1.807) is 12.6 Å². The molecule has 0 aliphatic carbocycles. The maximum Gasteiger partial charge on any atom is 0.236 e. The number of hydrogen-bond acceptors (Lipinski definition) is 9. The number of aromatic nitrogens is 5. The molecule has 2 heterocycles. The fourth-order valence-corrected chi connectivity index (χ4v) is 3.72. The zero-order valence-electron chi connectivity index (χ0n) is 15.7. The number of benzene rings is 1. The number of nitrogens with zero attached hydrogens (tertiary/aromatic N) is 5. The number of anilines is 1. The lowest BCUT2D eigenvalue weighted by atomic mass is 10.3. The summed E-state index contributed by atoms with van der Waals surface area (Å²) in [7, 11) is 1.61. The van der Waals surface area contributed by atoms with Gasteiger partial charge in [-0.3, -0.25) is 10.1 Å².